The predicted molar refractivity (Wildman–Crippen MR) is 73.8 cm³/mol. The van der Waals surface area contributed by atoms with Crippen LogP contribution in [0.15, 0.2) is 0 Å². The molecule has 0 aliphatic heterocycles. The summed E-state index contributed by atoms with van der Waals surface area (Å²) in [5.74, 6) is 0. The first-order valence-corrected chi connectivity index (χ1v) is 6.94. The molecule has 106 valence electrons. The number of rotatable bonds is 5. The molecule has 0 bridgehead atoms. The van der Waals surface area contributed by atoms with Crippen molar-refractivity contribution in [2.75, 3.05) is 27.2 Å². The molecule has 1 saturated carbocycles. The summed E-state index contributed by atoms with van der Waals surface area (Å²) in [6.07, 6.45) is 4.81. The smallest absolute Gasteiger partial charge is 0.410 e. The summed E-state index contributed by atoms with van der Waals surface area (Å²) in [6.45, 7) is 7.49. The zero-order valence-electron chi connectivity index (χ0n) is 12.5. The van der Waals surface area contributed by atoms with E-state index >= 15 is 0 Å². The largest absolute Gasteiger partial charge is 0.444 e. The maximum atomic E-state index is 11.7. The van der Waals surface area contributed by atoms with Gasteiger partial charge in [0.15, 0.2) is 0 Å². The Morgan fingerprint density at radius 1 is 1.22 bits per heavy atom. The van der Waals surface area contributed by atoms with Crippen molar-refractivity contribution < 1.29 is 9.53 Å². The maximum Gasteiger partial charge on any atom is 0.410 e. The summed E-state index contributed by atoms with van der Waals surface area (Å²) in [6, 6.07) is 0.775. The van der Waals surface area contributed by atoms with Gasteiger partial charge in [0, 0.05) is 19.6 Å². The second-order valence-corrected chi connectivity index (χ2v) is 6.32. The van der Waals surface area contributed by atoms with Crippen LogP contribution in [0.3, 0.4) is 0 Å². The van der Waals surface area contributed by atoms with E-state index in [1.54, 1.807) is 11.9 Å². The molecule has 0 N–H and O–H groups in total. The SMILES string of the molecule is CN(CCCN(C)C1CCC1)C(=O)OC(C)(C)C. The Labute approximate surface area is 111 Å². The summed E-state index contributed by atoms with van der Waals surface area (Å²) in [7, 11) is 3.98. The Kier molecular flexibility index (Phi) is 5.45. The van der Waals surface area contributed by atoms with Crippen molar-refractivity contribution in [3.8, 4) is 0 Å². The van der Waals surface area contributed by atoms with Crippen molar-refractivity contribution in [1.82, 2.24) is 9.80 Å². The summed E-state index contributed by atoms with van der Waals surface area (Å²) in [4.78, 5) is 15.8. The molecular weight excluding hydrogens is 228 g/mol. The highest BCUT2D eigenvalue weighted by Crippen LogP contribution is 2.23. The van der Waals surface area contributed by atoms with Crippen LogP contribution < -0.4 is 0 Å². The Bertz CT molecular complexity index is 269. The van der Waals surface area contributed by atoms with Gasteiger partial charge in [-0.3, -0.25) is 0 Å². The highest BCUT2D eigenvalue weighted by atomic mass is 16.6. The molecule has 1 aliphatic rings. The third kappa shape index (κ3) is 5.25. The lowest BCUT2D eigenvalue weighted by Gasteiger charge is -2.35. The molecule has 0 aromatic carbocycles. The van der Waals surface area contributed by atoms with Crippen LogP contribution >= 0.6 is 0 Å². The topological polar surface area (TPSA) is 32.8 Å². The minimum absolute atomic E-state index is 0.228. The van der Waals surface area contributed by atoms with E-state index < -0.39 is 5.60 Å². The molecule has 0 spiro atoms. The zero-order valence-corrected chi connectivity index (χ0v) is 12.5. The van der Waals surface area contributed by atoms with Crippen molar-refractivity contribution in [2.45, 2.75) is 58.1 Å². The Balaban J connectivity index is 2.15. The molecule has 4 nitrogen and oxygen atoms in total. The maximum absolute atomic E-state index is 11.7. The van der Waals surface area contributed by atoms with Crippen LogP contribution in [0.1, 0.15) is 46.5 Å². The monoisotopic (exact) mass is 256 g/mol. The number of amides is 1. The Morgan fingerprint density at radius 2 is 1.83 bits per heavy atom. The van der Waals surface area contributed by atoms with E-state index in [2.05, 4.69) is 11.9 Å². The molecule has 1 aliphatic carbocycles. The van der Waals surface area contributed by atoms with Gasteiger partial charge in [-0.25, -0.2) is 4.79 Å². The lowest BCUT2D eigenvalue weighted by atomic mass is 9.92. The molecule has 4 heteroatoms. The molecule has 1 fully saturated rings. The van der Waals surface area contributed by atoms with Crippen molar-refractivity contribution >= 4 is 6.09 Å². The normalized spacial score (nSPS) is 16.6. The van der Waals surface area contributed by atoms with Gasteiger partial charge in [0.05, 0.1) is 0 Å². The lowest BCUT2D eigenvalue weighted by Crippen LogP contribution is -2.39. The second kappa shape index (κ2) is 6.41. The average Bonchev–Trinajstić information content (AvgIpc) is 2.11. The first kappa shape index (κ1) is 15.3. The van der Waals surface area contributed by atoms with E-state index in [1.807, 2.05) is 20.8 Å². The van der Waals surface area contributed by atoms with Crippen LogP contribution in [0.5, 0.6) is 0 Å². The molecule has 1 rings (SSSR count). The average molecular weight is 256 g/mol. The van der Waals surface area contributed by atoms with E-state index in [0.29, 0.717) is 0 Å². The minimum atomic E-state index is -0.409. The fourth-order valence-electron chi connectivity index (χ4n) is 2.00. The van der Waals surface area contributed by atoms with Crippen LogP contribution in [0.2, 0.25) is 0 Å². The lowest BCUT2D eigenvalue weighted by molar-refractivity contribution is 0.0290. The van der Waals surface area contributed by atoms with Gasteiger partial charge >= 0.3 is 6.09 Å². The molecule has 0 radical (unpaired) electrons. The molecule has 0 saturated heterocycles. The van der Waals surface area contributed by atoms with Crippen molar-refractivity contribution in [3.05, 3.63) is 0 Å². The van der Waals surface area contributed by atoms with E-state index in [0.717, 1.165) is 25.6 Å². The third-order valence-electron chi connectivity index (χ3n) is 3.41. The van der Waals surface area contributed by atoms with Gasteiger partial charge in [-0.1, -0.05) is 6.42 Å². The highest BCUT2D eigenvalue weighted by molar-refractivity contribution is 5.67. The van der Waals surface area contributed by atoms with Crippen LogP contribution in [0.4, 0.5) is 4.79 Å². The van der Waals surface area contributed by atoms with Crippen LogP contribution in [0.25, 0.3) is 0 Å². The number of hydrogen-bond donors (Lipinski definition) is 0. The van der Waals surface area contributed by atoms with Gasteiger partial charge in [0.1, 0.15) is 5.60 Å². The predicted octanol–water partition coefficient (Wildman–Crippen LogP) is 2.73. The molecular formula is C14H28N2O2. The van der Waals surface area contributed by atoms with Crippen molar-refractivity contribution in [3.63, 3.8) is 0 Å². The first-order chi connectivity index (χ1) is 8.29. The van der Waals surface area contributed by atoms with Gasteiger partial charge in [0.25, 0.3) is 0 Å². The number of hydrogen-bond acceptors (Lipinski definition) is 3. The van der Waals surface area contributed by atoms with E-state index in [-0.39, 0.29) is 6.09 Å². The molecule has 18 heavy (non-hydrogen) atoms. The van der Waals surface area contributed by atoms with Crippen LogP contribution in [-0.4, -0.2) is 54.7 Å². The second-order valence-electron chi connectivity index (χ2n) is 6.32. The quantitative estimate of drug-likeness (QED) is 0.758. The zero-order chi connectivity index (χ0) is 13.8. The van der Waals surface area contributed by atoms with Gasteiger partial charge in [-0.05, 0) is 53.6 Å². The standard InChI is InChI=1S/C14H28N2O2/c1-14(2,3)18-13(17)16(5)11-7-10-15(4)12-8-6-9-12/h12H,6-11H2,1-5H3. The molecule has 0 aromatic heterocycles. The first-order valence-electron chi connectivity index (χ1n) is 6.94. The third-order valence-corrected chi connectivity index (χ3v) is 3.41. The van der Waals surface area contributed by atoms with Gasteiger partial charge in [-0.15, -0.1) is 0 Å². The van der Waals surface area contributed by atoms with Gasteiger partial charge in [-0.2, -0.15) is 0 Å². The van der Waals surface area contributed by atoms with Crippen molar-refractivity contribution in [2.24, 2.45) is 0 Å². The van der Waals surface area contributed by atoms with Crippen LogP contribution in [-0.2, 0) is 4.74 Å². The Hall–Kier alpha value is -0.770. The summed E-state index contributed by atoms with van der Waals surface area (Å²) >= 11 is 0. The number of ether oxygens (including phenoxy) is 1. The minimum Gasteiger partial charge on any atom is -0.444 e. The molecule has 1 amide bonds. The van der Waals surface area contributed by atoms with E-state index in [1.165, 1.54) is 19.3 Å². The van der Waals surface area contributed by atoms with E-state index in [4.69, 9.17) is 4.74 Å². The van der Waals surface area contributed by atoms with Crippen LogP contribution in [0, 0.1) is 0 Å². The Morgan fingerprint density at radius 3 is 2.28 bits per heavy atom. The highest BCUT2D eigenvalue weighted by Gasteiger charge is 2.22. The molecule has 0 aromatic rings. The molecule has 0 atom stereocenters. The summed E-state index contributed by atoms with van der Waals surface area (Å²) in [5.41, 5.74) is -0.409. The van der Waals surface area contributed by atoms with Gasteiger partial charge in [0.2, 0.25) is 0 Å². The molecule has 0 unspecified atom stereocenters. The number of nitrogens with zero attached hydrogens (tertiary/aromatic N) is 2. The van der Waals surface area contributed by atoms with Gasteiger partial charge < -0.3 is 14.5 Å². The fourth-order valence-corrected chi connectivity index (χ4v) is 2.00. The van der Waals surface area contributed by atoms with E-state index in [9.17, 15) is 4.79 Å². The van der Waals surface area contributed by atoms with Crippen molar-refractivity contribution in [1.29, 1.82) is 0 Å². The fraction of sp³-hybridized carbons (Fsp3) is 0.929. The molecule has 0 heterocycles. The number of carbonyl (C=O) groups excluding carboxylic acids is 1. The summed E-state index contributed by atoms with van der Waals surface area (Å²) in [5, 5.41) is 0. The number of carbonyl (C=O) groups is 1. The summed E-state index contributed by atoms with van der Waals surface area (Å²) < 4.78 is 5.31.